The van der Waals surface area contributed by atoms with Crippen molar-refractivity contribution in [3.63, 3.8) is 0 Å². The van der Waals surface area contributed by atoms with Gasteiger partial charge in [-0.3, -0.25) is 0 Å². The molecule has 1 N–H and O–H groups in total. The van der Waals surface area contributed by atoms with Crippen LogP contribution >= 0.6 is 0 Å². The van der Waals surface area contributed by atoms with E-state index in [1.165, 1.54) is 0 Å². The third kappa shape index (κ3) is 2.29. The first kappa shape index (κ1) is 12.0. The minimum Gasteiger partial charge on any atom is -0.496 e. The number of methoxy groups -OCH3 is 2. The lowest BCUT2D eigenvalue weighted by Crippen LogP contribution is -2.05. The zero-order valence-electron chi connectivity index (χ0n) is 10.3. The topological polar surface area (TPSA) is 38.7 Å². The van der Waals surface area contributed by atoms with Crippen LogP contribution < -0.4 is 9.47 Å². The number of hydrogen-bond acceptors (Lipinski definition) is 3. The van der Waals surface area contributed by atoms with Gasteiger partial charge in [-0.2, -0.15) is 0 Å². The molecule has 1 atom stereocenters. The first-order chi connectivity index (χ1) is 8.27. The highest BCUT2D eigenvalue weighted by Crippen LogP contribution is 2.40. The Kier molecular flexibility index (Phi) is 3.69. The molecule has 1 aliphatic carbocycles. The fourth-order valence-electron chi connectivity index (χ4n) is 2.28. The summed E-state index contributed by atoms with van der Waals surface area (Å²) in [6.45, 7) is 0. The number of benzene rings is 1. The minimum absolute atomic E-state index is 0.622. The highest BCUT2D eigenvalue weighted by Gasteiger charge is 2.23. The predicted octanol–water partition coefficient (Wildman–Crippen LogP) is 2.85. The molecular formula is C14H18O3. The van der Waals surface area contributed by atoms with Gasteiger partial charge < -0.3 is 14.6 Å². The van der Waals surface area contributed by atoms with Crippen molar-refractivity contribution in [2.45, 2.75) is 25.4 Å². The van der Waals surface area contributed by atoms with Crippen LogP contribution in [-0.2, 0) is 0 Å². The summed E-state index contributed by atoms with van der Waals surface area (Å²) in [6.07, 6.45) is 4.59. The van der Waals surface area contributed by atoms with E-state index in [0.717, 1.165) is 30.4 Å². The first-order valence-corrected chi connectivity index (χ1v) is 5.85. The molecule has 0 bridgehead atoms. The van der Waals surface area contributed by atoms with E-state index in [4.69, 9.17) is 9.47 Å². The maximum absolute atomic E-state index is 10.4. The average molecular weight is 234 g/mol. The number of allylic oxidation sites excluding steroid dienone is 1. The van der Waals surface area contributed by atoms with Crippen molar-refractivity contribution in [1.82, 2.24) is 0 Å². The monoisotopic (exact) mass is 234 g/mol. The average Bonchev–Trinajstić information content (AvgIpc) is 2.90. The van der Waals surface area contributed by atoms with Gasteiger partial charge >= 0.3 is 0 Å². The van der Waals surface area contributed by atoms with E-state index in [1.807, 2.05) is 18.2 Å². The molecule has 2 rings (SSSR count). The van der Waals surface area contributed by atoms with Gasteiger partial charge in [-0.05, 0) is 37.0 Å². The van der Waals surface area contributed by atoms with Crippen molar-refractivity contribution in [2.75, 3.05) is 14.2 Å². The summed E-state index contributed by atoms with van der Waals surface area (Å²) in [7, 11) is 3.21. The van der Waals surface area contributed by atoms with Crippen LogP contribution in [0, 0.1) is 0 Å². The largest absolute Gasteiger partial charge is 0.496 e. The fourth-order valence-corrected chi connectivity index (χ4v) is 2.28. The zero-order chi connectivity index (χ0) is 12.3. The molecule has 0 spiro atoms. The minimum atomic E-state index is -0.622. The Hall–Kier alpha value is -1.48. The normalized spacial score (nSPS) is 16.5. The van der Waals surface area contributed by atoms with Crippen molar-refractivity contribution in [3.8, 4) is 11.5 Å². The van der Waals surface area contributed by atoms with Gasteiger partial charge in [0, 0.05) is 0 Å². The Morgan fingerprint density at radius 3 is 2.29 bits per heavy atom. The van der Waals surface area contributed by atoms with Gasteiger partial charge in [0.05, 0.1) is 19.8 Å². The third-order valence-electron chi connectivity index (χ3n) is 3.17. The van der Waals surface area contributed by atoms with Crippen molar-refractivity contribution in [3.05, 3.63) is 35.4 Å². The van der Waals surface area contributed by atoms with Gasteiger partial charge in [0.2, 0.25) is 0 Å². The standard InChI is InChI=1S/C14H18O3/c1-16-11-8-5-9-12(17-2)13(11)14(15)10-6-3-4-7-10/h5-6,8-9,14-15H,3-4,7H2,1-2H3. The molecular weight excluding hydrogens is 216 g/mol. The highest BCUT2D eigenvalue weighted by atomic mass is 16.5. The van der Waals surface area contributed by atoms with E-state index in [-0.39, 0.29) is 0 Å². The van der Waals surface area contributed by atoms with Crippen LogP contribution in [0.5, 0.6) is 11.5 Å². The summed E-state index contributed by atoms with van der Waals surface area (Å²) in [5.74, 6) is 1.34. The summed E-state index contributed by atoms with van der Waals surface area (Å²) in [5, 5.41) is 10.4. The molecule has 0 radical (unpaired) electrons. The molecule has 0 fully saturated rings. The van der Waals surface area contributed by atoms with Crippen LogP contribution in [0.2, 0.25) is 0 Å². The van der Waals surface area contributed by atoms with E-state index >= 15 is 0 Å². The van der Waals surface area contributed by atoms with Crippen molar-refractivity contribution < 1.29 is 14.6 Å². The molecule has 0 saturated carbocycles. The summed E-state index contributed by atoms with van der Waals surface area (Å²) in [6, 6.07) is 5.55. The molecule has 1 aliphatic rings. The van der Waals surface area contributed by atoms with E-state index in [0.29, 0.717) is 11.5 Å². The smallest absolute Gasteiger partial charge is 0.128 e. The summed E-state index contributed by atoms with van der Waals surface area (Å²) in [4.78, 5) is 0. The first-order valence-electron chi connectivity index (χ1n) is 5.85. The maximum Gasteiger partial charge on any atom is 0.128 e. The lowest BCUT2D eigenvalue weighted by Gasteiger charge is -2.19. The van der Waals surface area contributed by atoms with Crippen molar-refractivity contribution in [2.24, 2.45) is 0 Å². The number of ether oxygens (including phenoxy) is 2. The van der Waals surface area contributed by atoms with Crippen LogP contribution in [0.25, 0.3) is 0 Å². The van der Waals surface area contributed by atoms with E-state index in [2.05, 4.69) is 6.08 Å². The Balaban J connectivity index is 2.41. The molecule has 3 heteroatoms. The van der Waals surface area contributed by atoms with Crippen LogP contribution in [-0.4, -0.2) is 19.3 Å². The summed E-state index contributed by atoms with van der Waals surface area (Å²) < 4.78 is 10.6. The molecule has 92 valence electrons. The van der Waals surface area contributed by atoms with Crippen LogP contribution in [0.3, 0.4) is 0 Å². The summed E-state index contributed by atoms with van der Waals surface area (Å²) >= 11 is 0. The van der Waals surface area contributed by atoms with Gasteiger partial charge in [0.15, 0.2) is 0 Å². The number of aliphatic hydroxyl groups is 1. The van der Waals surface area contributed by atoms with Gasteiger partial charge in [0.25, 0.3) is 0 Å². The SMILES string of the molecule is COc1cccc(OC)c1C(O)C1=CCCC1. The maximum atomic E-state index is 10.4. The molecule has 1 unspecified atom stereocenters. The van der Waals surface area contributed by atoms with E-state index in [1.54, 1.807) is 14.2 Å². The molecule has 17 heavy (non-hydrogen) atoms. The zero-order valence-corrected chi connectivity index (χ0v) is 10.3. The van der Waals surface area contributed by atoms with E-state index in [9.17, 15) is 5.11 Å². The molecule has 0 saturated heterocycles. The Morgan fingerprint density at radius 1 is 1.18 bits per heavy atom. The Bertz CT molecular complexity index is 401. The molecule has 3 nitrogen and oxygen atoms in total. The lowest BCUT2D eigenvalue weighted by molar-refractivity contribution is 0.201. The molecule has 0 aliphatic heterocycles. The van der Waals surface area contributed by atoms with Crippen LogP contribution in [0.1, 0.15) is 30.9 Å². The van der Waals surface area contributed by atoms with Crippen LogP contribution in [0.4, 0.5) is 0 Å². The van der Waals surface area contributed by atoms with Crippen molar-refractivity contribution in [1.29, 1.82) is 0 Å². The molecule has 0 amide bonds. The van der Waals surface area contributed by atoms with E-state index < -0.39 is 6.10 Å². The Labute approximate surface area is 102 Å². The number of aliphatic hydroxyl groups excluding tert-OH is 1. The predicted molar refractivity (Wildman–Crippen MR) is 66.4 cm³/mol. The Morgan fingerprint density at radius 2 is 1.82 bits per heavy atom. The van der Waals surface area contributed by atoms with Gasteiger partial charge in [-0.25, -0.2) is 0 Å². The lowest BCUT2D eigenvalue weighted by atomic mass is 9.99. The molecule has 0 heterocycles. The second-order valence-electron chi connectivity index (χ2n) is 4.15. The molecule has 0 aromatic heterocycles. The number of rotatable bonds is 4. The number of hydrogen-bond donors (Lipinski definition) is 1. The molecule has 1 aromatic rings. The van der Waals surface area contributed by atoms with Gasteiger partial charge in [0.1, 0.15) is 17.6 Å². The molecule has 1 aromatic carbocycles. The highest BCUT2D eigenvalue weighted by molar-refractivity contribution is 5.49. The quantitative estimate of drug-likeness (QED) is 0.814. The van der Waals surface area contributed by atoms with Crippen LogP contribution in [0.15, 0.2) is 29.8 Å². The second-order valence-corrected chi connectivity index (χ2v) is 4.15. The second kappa shape index (κ2) is 5.23. The van der Waals surface area contributed by atoms with Crippen molar-refractivity contribution >= 4 is 0 Å². The van der Waals surface area contributed by atoms with Gasteiger partial charge in [-0.15, -0.1) is 0 Å². The summed E-state index contributed by atoms with van der Waals surface area (Å²) in [5.41, 5.74) is 1.79. The van der Waals surface area contributed by atoms with Gasteiger partial charge in [-0.1, -0.05) is 12.1 Å². The third-order valence-corrected chi connectivity index (χ3v) is 3.17. The fraction of sp³-hybridized carbons (Fsp3) is 0.429.